The number of phenolic OH excluding ortho intramolecular Hbond substituents is 1. The van der Waals surface area contributed by atoms with Crippen LogP contribution in [-0.4, -0.2) is 29.1 Å². The summed E-state index contributed by atoms with van der Waals surface area (Å²) < 4.78 is 5.05. The Bertz CT molecular complexity index is 508. The second-order valence-electron chi connectivity index (χ2n) is 4.80. The molecule has 1 aromatic carbocycles. The first-order valence-corrected chi connectivity index (χ1v) is 6.29. The Morgan fingerprint density at radius 2 is 2.11 bits per heavy atom. The topological polar surface area (TPSA) is 75.6 Å². The van der Waals surface area contributed by atoms with Gasteiger partial charge in [0.25, 0.3) is 5.91 Å². The molecule has 0 spiro atoms. The Kier molecular flexibility index (Phi) is 3.74. The summed E-state index contributed by atoms with van der Waals surface area (Å²) >= 11 is 0. The van der Waals surface area contributed by atoms with E-state index in [1.807, 2.05) is 0 Å². The Morgan fingerprint density at radius 3 is 2.74 bits per heavy atom. The fourth-order valence-corrected chi connectivity index (χ4v) is 1.65. The molecule has 1 saturated carbocycles. The number of carbonyl (C=O) groups excluding carboxylic acids is 2. The SMILES string of the molecule is Cc1cccc(C(=O)O[C@@H](C)C(=O)NC2CC2)c1O. The number of aryl methyl sites for hydroxylation is 1. The molecule has 5 heteroatoms. The lowest BCUT2D eigenvalue weighted by atomic mass is 10.1. The van der Waals surface area contributed by atoms with E-state index < -0.39 is 12.1 Å². The van der Waals surface area contributed by atoms with E-state index in [2.05, 4.69) is 5.32 Å². The minimum Gasteiger partial charge on any atom is -0.507 e. The molecule has 0 aromatic heterocycles. The van der Waals surface area contributed by atoms with Gasteiger partial charge in [-0.15, -0.1) is 0 Å². The third kappa shape index (κ3) is 3.24. The molecular weight excluding hydrogens is 246 g/mol. The number of ether oxygens (including phenoxy) is 1. The molecule has 2 rings (SSSR count). The van der Waals surface area contributed by atoms with Gasteiger partial charge in [0.15, 0.2) is 6.10 Å². The summed E-state index contributed by atoms with van der Waals surface area (Å²) in [4.78, 5) is 23.5. The third-order valence-electron chi connectivity index (χ3n) is 3.03. The van der Waals surface area contributed by atoms with Gasteiger partial charge in [0.2, 0.25) is 0 Å². The number of benzene rings is 1. The minimum atomic E-state index is -0.868. The van der Waals surface area contributed by atoms with E-state index in [1.54, 1.807) is 19.1 Å². The largest absolute Gasteiger partial charge is 0.507 e. The number of rotatable bonds is 4. The third-order valence-corrected chi connectivity index (χ3v) is 3.03. The van der Waals surface area contributed by atoms with Gasteiger partial charge >= 0.3 is 5.97 Å². The molecule has 1 aromatic rings. The normalized spacial score (nSPS) is 15.7. The van der Waals surface area contributed by atoms with Crippen molar-refractivity contribution < 1.29 is 19.4 Å². The van der Waals surface area contributed by atoms with E-state index in [0.29, 0.717) is 5.56 Å². The maximum Gasteiger partial charge on any atom is 0.342 e. The molecule has 2 N–H and O–H groups in total. The van der Waals surface area contributed by atoms with E-state index in [9.17, 15) is 14.7 Å². The molecule has 1 aliphatic carbocycles. The van der Waals surface area contributed by atoms with Gasteiger partial charge in [0, 0.05) is 6.04 Å². The summed E-state index contributed by atoms with van der Waals surface area (Å²) in [6.45, 7) is 3.21. The highest BCUT2D eigenvalue weighted by Gasteiger charge is 2.27. The number of esters is 1. The molecule has 1 atom stereocenters. The van der Waals surface area contributed by atoms with Gasteiger partial charge in [-0.1, -0.05) is 12.1 Å². The van der Waals surface area contributed by atoms with Gasteiger partial charge in [0.1, 0.15) is 11.3 Å². The van der Waals surface area contributed by atoms with Crippen molar-refractivity contribution in [2.24, 2.45) is 0 Å². The quantitative estimate of drug-likeness (QED) is 0.808. The highest BCUT2D eigenvalue weighted by atomic mass is 16.5. The Hall–Kier alpha value is -2.04. The molecule has 0 unspecified atom stereocenters. The molecule has 0 saturated heterocycles. The molecule has 0 bridgehead atoms. The average molecular weight is 263 g/mol. The van der Waals surface area contributed by atoms with Crippen LogP contribution in [0.5, 0.6) is 5.75 Å². The first-order chi connectivity index (χ1) is 8.99. The van der Waals surface area contributed by atoms with Crippen LogP contribution in [-0.2, 0) is 9.53 Å². The molecule has 5 nitrogen and oxygen atoms in total. The first kappa shape index (κ1) is 13.4. The summed E-state index contributed by atoms with van der Waals surface area (Å²) in [5.74, 6) is -1.11. The number of amides is 1. The second kappa shape index (κ2) is 5.30. The number of hydrogen-bond donors (Lipinski definition) is 2. The van der Waals surface area contributed by atoms with Crippen molar-refractivity contribution in [2.45, 2.75) is 38.8 Å². The van der Waals surface area contributed by atoms with Gasteiger partial charge in [-0.2, -0.15) is 0 Å². The van der Waals surface area contributed by atoms with Crippen molar-refractivity contribution in [3.05, 3.63) is 29.3 Å². The standard InChI is InChI=1S/C14H17NO4/c1-8-4-3-5-11(12(8)16)14(18)19-9(2)13(17)15-10-6-7-10/h3-5,9-10,16H,6-7H2,1-2H3,(H,15,17)/t9-/m0/s1. The molecule has 19 heavy (non-hydrogen) atoms. The van der Waals surface area contributed by atoms with Gasteiger partial charge in [-0.25, -0.2) is 4.79 Å². The lowest BCUT2D eigenvalue weighted by Crippen LogP contribution is -2.37. The van der Waals surface area contributed by atoms with Gasteiger partial charge in [-0.05, 0) is 38.3 Å². The molecule has 1 fully saturated rings. The molecule has 1 amide bonds. The summed E-state index contributed by atoms with van der Waals surface area (Å²) in [7, 11) is 0. The summed E-state index contributed by atoms with van der Waals surface area (Å²) in [6, 6.07) is 5.03. The van der Waals surface area contributed by atoms with Crippen LogP contribution in [0.4, 0.5) is 0 Å². The molecule has 0 aliphatic heterocycles. The van der Waals surface area contributed by atoms with Crippen LogP contribution in [0.2, 0.25) is 0 Å². The average Bonchev–Trinajstić information content (AvgIpc) is 3.16. The fraction of sp³-hybridized carbons (Fsp3) is 0.429. The summed E-state index contributed by atoms with van der Waals surface area (Å²) in [6.07, 6.45) is 1.09. The van der Waals surface area contributed by atoms with Crippen molar-refractivity contribution in [3.63, 3.8) is 0 Å². The van der Waals surface area contributed by atoms with Crippen molar-refractivity contribution >= 4 is 11.9 Å². The Morgan fingerprint density at radius 1 is 1.42 bits per heavy atom. The lowest BCUT2D eigenvalue weighted by Gasteiger charge is -2.14. The van der Waals surface area contributed by atoms with Gasteiger partial charge < -0.3 is 15.2 Å². The zero-order valence-electron chi connectivity index (χ0n) is 11.0. The molecule has 102 valence electrons. The predicted octanol–water partition coefficient (Wildman–Crippen LogP) is 1.52. The van der Waals surface area contributed by atoms with Crippen molar-refractivity contribution in [1.29, 1.82) is 0 Å². The number of para-hydroxylation sites is 1. The Labute approximate surface area is 111 Å². The number of nitrogens with one attached hydrogen (secondary N) is 1. The molecule has 1 aliphatic rings. The molecule has 0 radical (unpaired) electrons. The fourth-order valence-electron chi connectivity index (χ4n) is 1.65. The smallest absolute Gasteiger partial charge is 0.342 e. The van der Waals surface area contributed by atoms with E-state index in [-0.39, 0.29) is 23.3 Å². The van der Waals surface area contributed by atoms with Gasteiger partial charge in [0.05, 0.1) is 0 Å². The minimum absolute atomic E-state index is 0.0751. The summed E-state index contributed by atoms with van der Waals surface area (Å²) in [5.41, 5.74) is 0.663. The van der Waals surface area contributed by atoms with E-state index in [0.717, 1.165) is 12.8 Å². The molecular formula is C14H17NO4. The molecule has 0 heterocycles. The van der Waals surface area contributed by atoms with Crippen LogP contribution in [0, 0.1) is 6.92 Å². The van der Waals surface area contributed by atoms with Gasteiger partial charge in [-0.3, -0.25) is 4.79 Å². The maximum absolute atomic E-state index is 11.9. The van der Waals surface area contributed by atoms with Crippen LogP contribution >= 0.6 is 0 Å². The maximum atomic E-state index is 11.9. The van der Waals surface area contributed by atoms with Crippen molar-refractivity contribution in [2.75, 3.05) is 0 Å². The van der Waals surface area contributed by atoms with Crippen molar-refractivity contribution in [1.82, 2.24) is 5.32 Å². The number of carbonyl (C=O) groups is 2. The van der Waals surface area contributed by atoms with E-state index >= 15 is 0 Å². The van der Waals surface area contributed by atoms with Crippen LogP contribution in [0.15, 0.2) is 18.2 Å². The monoisotopic (exact) mass is 263 g/mol. The highest BCUT2D eigenvalue weighted by molar-refractivity contribution is 5.95. The van der Waals surface area contributed by atoms with Crippen LogP contribution in [0.1, 0.15) is 35.7 Å². The number of hydrogen-bond acceptors (Lipinski definition) is 4. The summed E-state index contributed by atoms with van der Waals surface area (Å²) in [5, 5.41) is 12.5. The second-order valence-corrected chi connectivity index (χ2v) is 4.80. The van der Waals surface area contributed by atoms with Crippen LogP contribution in [0.3, 0.4) is 0 Å². The number of aromatic hydroxyl groups is 1. The van der Waals surface area contributed by atoms with E-state index in [1.165, 1.54) is 13.0 Å². The highest BCUT2D eigenvalue weighted by Crippen LogP contribution is 2.23. The van der Waals surface area contributed by atoms with Crippen LogP contribution < -0.4 is 5.32 Å². The van der Waals surface area contributed by atoms with Crippen molar-refractivity contribution in [3.8, 4) is 5.75 Å². The first-order valence-electron chi connectivity index (χ1n) is 6.29. The zero-order valence-corrected chi connectivity index (χ0v) is 11.0. The van der Waals surface area contributed by atoms with E-state index in [4.69, 9.17) is 4.74 Å². The Balaban J connectivity index is 1.99. The predicted molar refractivity (Wildman–Crippen MR) is 68.9 cm³/mol. The zero-order chi connectivity index (χ0) is 14.0. The number of phenols is 1. The van der Waals surface area contributed by atoms with Crippen LogP contribution in [0.25, 0.3) is 0 Å². The lowest BCUT2D eigenvalue weighted by molar-refractivity contribution is -0.129.